The van der Waals surface area contributed by atoms with E-state index in [0.29, 0.717) is 31.1 Å². The highest BCUT2D eigenvalue weighted by Gasteiger charge is 2.21. The van der Waals surface area contributed by atoms with E-state index < -0.39 is 0 Å². The Hall–Kier alpha value is -2.12. The Balaban J connectivity index is 1.80. The maximum atomic E-state index is 12.0. The predicted molar refractivity (Wildman–Crippen MR) is 114 cm³/mol. The van der Waals surface area contributed by atoms with Crippen LogP contribution in [0.2, 0.25) is 0 Å². The fraction of sp³-hybridized carbons (Fsp3) is 0.619. The van der Waals surface area contributed by atoms with Crippen LogP contribution in [0, 0.1) is 5.92 Å². The number of rotatable bonds is 8. The third-order valence-electron chi connectivity index (χ3n) is 4.55. The Kier molecular flexibility index (Phi) is 9.23. The van der Waals surface area contributed by atoms with Crippen molar-refractivity contribution >= 4 is 11.9 Å². The molecular formula is C21H35N5O2. The third kappa shape index (κ3) is 7.48. The van der Waals surface area contributed by atoms with Gasteiger partial charge in [0.1, 0.15) is 0 Å². The molecule has 1 heterocycles. The number of hydrogen-bond acceptors (Lipinski definition) is 4. The van der Waals surface area contributed by atoms with Gasteiger partial charge in [0, 0.05) is 51.9 Å². The van der Waals surface area contributed by atoms with Crippen LogP contribution in [-0.2, 0) is 11.3 Å². The molecule has 28 heavy (non-hydrogen) atoms. The maximum absolute atomic E-state index is 12.0. The van der Waals surface area contributed by atoms with Crippen molar-refractivity contribution in [2.45, 2.75) is 33.4 Å². The molecule has 1 aromatic carbocycles. The van der Waals surface area contributed by atoms with E-state index in [1.54, 1.807) is 7.05 Å². The van der Waals surface area contributed by atoms with Crippen molar-refractivity contribution in [3.63, 3.8) is 0 Å². The summed E-state index contributed by atoms with van der Waals surface area (Å²) in [4.78, 5) is 18.7. The molecule has 0 saturated carbocycles. The second kappa shape index (κ2) is 11.7. The lowest BCUT2D eigenvalue weighted by molar-refractivity contribution is -0.0284. The van der Waals surface area contributed by atoms with Crippen LogP contribution >= 0.6 is 0 Å². The molecule has 0 aliphatic carbocycles. The highest BCUT2D eigenvalue weighted by Crippen LogP contribution is 2.08. The van der Waals surface area contributed by atoms with Gasteiger partial charge in [0.15, 0.2) is 5.96 Å². The molecule has 0 radical (unpaired) electrons. The molecule has 156 valence electrons. The number of carbonyl (C=O) groups is 1. The summed E-state index contributed by atoms with van der Waals surface area (Å²) >= 11 is 0. The predicted octanol–water partition coefficient (Wildman–Crippen LogP) is 1.46. The number of amides is 1. The topological polar surface area (TPSA) is 78.0 Å². The fourth-order valence-electron chi connectivity index (χ4n) is 3.29. The quantitative estimate of drug-likeness (QED) is 0.463. The first-order valence-electron chi connectivity index (χ1n) is 10.2. The Morgan fingerprint density at radius 1 is 1.32 bits per heavy atom. The standard InChI is InChI=1S/C21H35N5O2/c1-5-23-20(27)18-8-6-7-17(11-18)12-24-21(22-4)25-13-19-15-26(9-10-28-19)14-16(2)3/h6-8,11,16,19H,5,9-10,12-15H2,1-4H3,(H,23,27)(H2,22,24,25). The number of carbonyl (C=O) groups excluding carboxylic acids is 1. The summed E-state index contributed by atoms with van der Waals surface area (Å²) in [6.45, 7) is 12.2. The average Bonchev–Trinajstić information content (AvgIpc) is 2.68. The van der Waals surface area contributed by atoms with Crippen molar-refractivity contribution < 1.29 is 9.53 Å². The molecule has 1 atom stereocenters. The van der Waals surface area contributed by atoms with Gasteiger partial charge in [-0.15, -0.1) is 0 Å². The zero-order chi connectivity index (χ0) is 20.4. The lowest BCUT2D eigenvalue weighted by Gasteiger charge is -2.34. The van der Waals surface area contributed by atoms with Crippen LogP contribution in [0.5, 0.6) is 0 Å². The van der Waals surface area contributed by atoms with Crippen LogP contribution < -0.4 is 16.0 Å². The first-order chi connectivity index (χ1) is 13.5. The molecule has 1 aliphatic heterocycles. The van der Waals surface area contributed by atoms with Gasteiger partial charge in [0.05, 0.1) is 12.7 Å². The molecule has 0 bridgehead atoms. The number of hydrogen-bond donors (Lipinski definition) is 3. The smallest absolute Gasteiger partial charge is 0.251 e. The zero-order valence-electron chi connectivity index (χ0n) is 17.6. The molecule has 1 saturated heterocycles. The summed E-state index contributed by atoms with van der Waals surface area (Å²) in [7, 11) is 1.76. The molecule has 7 heteroatoms. The van der Waals surface area contributed by atoms with Gasteiger partial charge in [-0.25, -0.2) is 0 Å². The Morgan fingerprint density at radius 3 is 2.86 bits per heavy atom. The monoisotopic (exact) mass is 389 g/mol. The Labute approximate surface area is 168 Å². The fourth-order valence-corrected chi connectivity index (χ4v) is 3.29. The Bertz CT molecular complexity index is 647. The van der Waals surface area contributed by atoms with Gasteiger partial charge in [-0.05, 0) is 30.5 Å². The average molecular weight is 390 g/mol. The summed E-state index contributed by atoms with van der Waals surface area (Å²) in [5.41, 5.74) is 1.70. The summed E-state index contributed by atoms with van der Waals surface area (Å²) in [5, 5.41) is 9.48. The van der Waals surface area contributed by atoms with E-state index >= 15 is 0 Å². The first-order valence-corrected chi connectivity index (χ1v) is 10.2. The van der Waals surface area contributed by atoms with Crippen LogP contribution in [0.25, 0.3) is 0 Å². The van der Waals surface area contributed by atoms with Gasteiger partial charge in [-0.1, -0.05) is 26.0 Å². The molecule has 1 aromatic rings. The minimum atomic E-state index is -0.0488. The summed E-state index contributed by atoms with van der Waals surface area (Å²) in [6.07, 6.45) is 0.159. The summed E-state index contributed by atoms with van der Waals surface area (Å²) in [5.74, 6) is 1.34. The molecule has 1 aliphatic rings. The van der Waals surface area contributed by atoms with Crippen molar-refractivity contribution in [2.75, 3.05) is 46.4 Å². The van der Waals surface area contributed by atoms with E-state index in [1.807, 2.05) is 31.2 Å². The molecule has 7 nitrogen and oxygen atoms in total. The maximum Gasteiger partial charge on any atom is 0.251 e. The number of ether oxygens (including phenoxy) is 1. The number of aliphatic imine (C=N–C) groups is 1. The largest absolute Gasteiger partial charge is 0.374 e. The van der Waals surface area contributed by atoms with Crippen LogP contribution in [-0.4, -0.2) is 69.2 Å². The number of nitrogens with one attached hydrogen (secondary N) is 3. The van der Waals surface area contributed by atoms with Crippen molar-refractivity contribution in [3.8, 4) is 0 Å². The van der Waals surface area contributed by atoms with Gasteiger partial charge in [-0.2, -0.15) is 0 Å². The normalized spacial score (nSPS) is 18.2. The van der Waals surface area contributed by atoms with E-state index in [1.165, 1.54) is 0 Å². The summed E-state index contributed by atoms with van der Waals surface area (Å²) < 4.78 is 5.88. The number of morpholine rings is 1. The molecule has 3 N–H and O–H groups in total. The summed E-state index contributed by atoms with van der Waals surface area (Å²) in [6, 6.07) is 7.62. The van der Waals surface area contributed by atoms with Gasteiger partial charge >= 0.3 is 0 Å². The second-order valence-electron chi connectivity index (χ2n) is 7.51. The lowest BCUT2D eigenvalue weighted by atomic mass is 10.1. The molecule has 0 aromatic heterocycles. The Morgan fingerprint density at radius 2 is 2.14 bits per heavy atom. The third-order valence-corrected chi connectivity index (χ3v) is 4.55. The van der Waals surface area contributed by atoms with Crippen LogP contribution in [0.1, 0.15) is 36.7 Å². The minimum Gasteiger partial charge on any atom is -0.374 e. The van der Waals surface area contributed by atoms with Gasteiger partial charge in [0.25, 0.3) is 5.91 Å². The minimum absolute atomic E-state index is 0.0488. The van der Waals surface area contributed by atoms with Crippen molar-refractivity contribution in [2.24, 2.45) is 10.9 Å². The molecule has 0 spiro atoms. The number of benzene rings is 1. The van der Waals surface area contributed by atoms with Crippen molar-refractivity contribution in [3.05, 3.63) is 35.4 Å². The van der Waals surface area contributed by atoms with Gasteiger partial charge < -0.3 is 20.7 Å². The van der Waals surface area contributed by atoms with E-state index in [2.05, 4.69) is 39.7 Å². The van der Waals surface area contributed by atoms with E-state index in [0.717, 1.165) is 37.8 Å². The highest BCUT2D eigenvalue weighted by molar-refractivity contribution is 5.94. The highest BCUT2D eigenvalue weighted by atomic mass is 16.5. The van der Waals surface area contributed by atoms with E-state index in [4.69, 9.17) is 4.74 Å². The van der Waals surface area contributed by atoms with Crippen LogP contribution in [0.4, 0.5) is 0 Å². The van der Waals surface area contributed by atoms with Crippen LogP contribution in [0.3, 0.4) is 0 Å². The number of nitrogens with zero attached hydrogens (tertiary/aromatic N) is 2. The van der Waals surface area contributed by atoms with Crippen molar-refractivity contribution in [1.82, 2.24) is 20.9 Å². The molecule has 1 fully saturated rings. The van der Waals surface area contributed by atoms with Gasteiger partial charge in [-0.3, -0.25) is 14.7 Å². The molecular weight excluding hydrogens is 354 g/mol. The second-order valence-corrected chi connectivity index (χ2v) is 7.51. The molecule has 2 rings (SSSR count). The SMILES string of the molecule is CCNC(=O)c1cccc(CNC(=NC)NCC2CN(CC(C)C)CCO2)c1. The zero-order valence-corrected chi connectivity index (χ0v) is 17.6. The lowest BCUT2D eigenvalue weighted by Crippen LogP contribution is -2.50. The van der Waals surface area contributed by atoms with Crippen LogP contribution in [0.15, 0.2) is 29.3 Å². The van der Waals surface area contributed by atoms with Crippen molar-refractivity contribution in [1.29, 1.82) is 0 Å². The van der Waals surface area contributed by atoms with Gasteiger partial charge in [0.2, 0.25) is 0 Å². The molecule has 1 unspecified atom stereocenters. The van der Waals surface area contributed by atoms with E-state index in [9.17, 15) is 4.79 Å². The number of guanidine groups is 1. The van der Waals surface area contributed by atoms with E-state index in [-0.39, 0.29) is 12.0 Å². The first kappa shape index (κ1) is 22.2. The molecule has 1 amide bonds.